The van der Waals surface area contributed by atoms with Crippen LogP contribution in [0.25, 0.3) is 10.8 Å². The molecule has 0 aliphatic heterocycles. The second-order valence-corrected chi connectivity index (χ2v) is 7.94. The Morgan fingerprint density at radius 2 is 1.86 bits per heavy atom. The number of nitrogens with one attached hydrogen (secondary N) is 2. The van der Waals surface area contributed by atoms with Crippen LogP contribution < -0.4 is 15.4 Å². The predicted octanol–water partition coefficient (Wildman–Crippen LogP) is 4.12. The quantitative estimate of drug-likeness (QED) is 0.664. The lowest BCUT2D eigenvalue weighted by molar-refractivity contribution is -0.123. The molecular weight excluding hydrogens is 364 g/mol. The minimum Gasteiger partial charge on any atom is -0.483 e. The summed E-state index contributed by atoms with van der Waals surface area (Å²) in [6, 6.07) is 11.8. The maximum absolute atomic E-state index is 12.9. The molecule has 152 valence electrons. The molecule has 2 aliphatic carbocycles. The van der Waals surface area contributed by atoms with Gasteiger partial charge in [-0.3, -0.25) is 9.59 Å². The van der Waals surface area contributed by atoms with Gasteiger partial charge in [0.05, 0.1) is 5.56 Å². The molecular formula is C24H28N2O3. The zero-order valence-electron chi connectivity index (χ0n) is 16.7. The molecule has 2 amide bonds. The maximum Gasteiger partial charge on any atom is 0.258 e. The number of amides is 2. The number of allylic oxidation sites excluding steroid dienone is 1. The standard InChI is InChI=1S/C24H28N2O3/c27-23(26-20-10-11-20)16-29-22-15-19-9-5-4-8-18(19)14-21(22)24(28)25-13-12-17-6-2-1-3-7-17/h4-6,8-9,14-15,20H,1-3,7,10-13,16H2,(H,25,28)(H,26,27). The molecule has 2 aliphatic rings. The first-order valence-corrected chi connectivity index (χ1v) is 10.6. The van der Waals surface area contributed by atoms with Crippen LogP contribution in [-0.2, 0) is 4.79 Å². The Hall–Kier alpha value is -2.82. The molecule has 0 bridgehead atoms. The highest BCUT2D eigenvalue weighted by atomic mass is 16.5. The summed E-state index contributed by atoms with van der Waals surface area (Å²) in [6.07, 6.45) is 10.0. The highest BCUT2D eigenvalue weighted by Gasteiger charge is 2.23. The summed E-state index contributed by atoms with van der Waals surface area (Å²) < 4.78 is 5.77. The van der Waals surface area contributed by atoms with E-state index in [0.29, 0.717) is 23.9 Å². The van der Waals surface area contributed by atoms with Gasteiger partial charge < -0.3 is 15.4 Å². The van der Waals surface area contributed by atoms with Gasteiger partial charge >= 0.3 is 0 Å². The minimum atomic E-state index is -0.162. The third-order valence-corrected chi connectivity index (χ3v) is 5.51. The van der Waals surface area contributed by atoms with E-state index in [2.05, 4.69) is 16.7 Å². The second-order valence-electron chi connectivity index (χ2n) is 7.94. The third-order valence-electron chi connectivity index (χ3n) is 5.51. The van der Waals surface area contributed by atoms with Crippen molar-refractivity contribution >= 4 is 22.6 Å². The van der Waals surface area contributed by atoms with Gasteiger partial charge in [0, 0.05) is 12.6 Å². The molecule has 0 saturated heterocycles. The van der Waals surface area contributed by atoms with Gasteiger partial charge in [0.15, 0.2) is 6.61 Å². The summed E-state index contributed by atoms with van der Waals surface area (Å²) in [5, 5.41) is 7.89. The first-order chi connectivity index (χ1) is 14.2. The molecule has 0 spiro atoms. The fraction of sp³-hybridized carbons (Fsp3) is 0.417. The number of ether oxygens (including phenoxy) is 1. The van der Waals surface area contributed by atoms with Crippen LogP contribution in [-0.4, -0.2) is 31.0 Å². The second kappa shape index (κ2) is 9.12. The van der Waals surface area contributed by atoms with E-state index in [-0.39, 0.29) is 18.4 Å². The van der Waals surface area contributed by atoms with Gasteiger partial charge in [0.2, 0.25) is 0 Å². The molecule has 2 aromatic carbocycles. The molecule has 5 heteroatoms. The van der Waals surface area contributed by atoms with E-state index in [9.17, 15) is 9.59 Å². The zero-order valence-corrected chi connectivity index (χ0v) is 16.7. The Kier molecular flexibility index (Phi) is 6.13. The molecule has 4 rings (SSSR count). The van der Waals surface area contributed by atoms with Crippen molar-refractivity contribution in [1.29, 1.82) is 0 Å². The molecule has 0 aromatic heterocycles. The van der Waals surface area contributed by atoms with Crippen molar-refractivity contribution in [2.75, 3.05) is 13.2 Å². The number of fused-ring (bicyclic) bond motifs is 1. The lowest BCUT2D eigenvalue weighted by Crippen LogP contribution is -2.31. The average molecular weight is 392 g/mol. The molecule has 0 unspecified atom stereocenters. The molecule has 0 heterocycles. The Balaban J connectivity index is 1.45. The highest BCUT2D eigenvalue weighted by Crippen LogP contribution is 2.27. The molecule has 1 fully saturated rings. The normalized spacial score (nSPS) is 16.2. The van der Waals surface area contributed by atoms with E-state index in [1.54, 1.807) is 0 Å². The lowest BCUT2D eigenvalue weighted by atomic mass is 9.97. The number of carbonyl (C=O) groups excluding carboxylic acids is 2. The summed E-state index contributed by atoms with van der Waals surface area (Å²) in [7, 11) is 0. The van der Waals surface area contributed by atoms with Gasteiger partial charge in [-0.25, -0.2) is 0 Å². The summed E-state index contributed by atoms with van der Waals surface area (Å²) in [5.74, 6) is 0.144. The van der Waals surface area contributed by atoms with E-state index < -0.39 is 0 Å². The van der Waals surface area contributed by atoms with E-state index in [4.69, 9.17) is 4.74 Å². The van der Waals surface area contributed by atoms with Crippen molar-refractivity contribution in [3.8, 4) is 5.75 Å². The van der Waals surface area contributed by atoms with Gasteiger partial charge in [0.25, 0.3) is 11.8 Å². The van der Waals surface area contributed by atoms with Gasteiger partial charge in [0.1, 0.15) is 5.75 Å². The summed E-state index contributed by atoms with van der Waals surface area (Å²) in [6.45, 7) is 0.529. The SMILES string of the molecule is O=C(COc1cc2ccccc2cc1C(=O)NCCC1=CCCCC1)NC1CC1. The molecule has 0 radical (unpaired) electrons. The van der Waals surface area contributed by atoms with Crippen molar-refractivity contribution in [2.45, 2.75) is 51.0 Å². The van der Waals surface area contributed by atoms with Crippen LogP contribution in [0.1, 0.15) is 55.3 Å². The fourth-order valence-electron chi connectivity index (χ4n) is 3.72. The Morgan fingerprint density at radius 3 is 2.59 bits per heavy atom. The predicted molar refractivity (Wildman–Crippen MR) is 114 cm³/mol. The lowest BCUT2D eigenvalue weighted by Gasteiger charge is -2.15. The van der Waals surface area contributed by atoms with Gasteiger partial charge in [-0.2, -0.15) is 0 Å². The molecule has 1 saturated carbocycles. The van der Waals surface area contributed by atoms with Crippen LogP contribution in [0, 0.1) is 0 Å². The van der Waals surface area contributed by atoms with Gasteiger partial charge in [-0.15, -0.1) is 0 Å². The van der Waals surface area contributed by atoms with Crippen molar-refractivity contribution in [2.24, 2.45) is 0 Å². The van der Waals surface area contributed by atoms with Crippen LogP contribution >= 0.6 is 0 Å². The first-order valence-electron chi connectivity index (χ1n) is 10.6. The van der Waals surface area contributed by atoms with E-state index >= 15 is 0 Å². The fourth-order valence-corrected chi connectivity index (χ4v) is 3.72. The molecule has 2 aromatic rings. The molecule has 2 N–H and O–H groups in total. The number of benzene rings is 2. The van der Waals surface area contributed by atoms with Crippen LogP contribution in [0.3, 0.4) is 0 Å². The highest BCUT2D eigenvalue weighted by molar-refractivity contribution is 6.01. The molecule has 0 atom stereocenters. The number of hydrogen-bond donors (Lipinski definition) is 2. The number of rotatable bonds is 8. The van der Waals surface area contributed by atoms with E-state index in [0.717, 1.165) is 42.9 Å². The van der Waals surface area contributed by atoms with Crippen molar-refractivity contribution < 1.29 is 14.3 Å². The molecule has 5 nitrogen and oxygen atoms in total. The number of carbonyl (C=O) groups is 2. The smallest absolute Gasteiger partial charge is 0.258 e. The average Bonchev–Trinajstić information content (AvgIpc) is 3.56. The first kappa shape index (κ1) is 19.5. The summed E-state index contributed by atoms with van der Waals surface area (Å²) >= 11 is 0. The van der Waals surface area contributed by atoms with Crippen LogP contribution in [0.4, 0.5) is 0 Å². The maximum atomic E-state index is 12.9. The Morgan fingerprint density at radius 1 is 1.07 bits per heavy atom. The molecule has 29 heavy (non-hydrogen) atoms. The summed E-state index contributed by atoms with van der Waals surface area (Å²) in [4.78, 5) is 24.9. The van der Waals surface area contributed by atoms with Crippen molar-refractivity contribution in [1.82, 2.24) is 10.6 Å². The van der Waals surface area contributed by atoms with Crippen molar-refractivity contribution in [3.05, 3.63) is 53.6 Å². The Bertz CT molecular complexity index is 931. The zero-order chi connectivity index (χ0) is 20.1. The van der Waals surface area contributed by atoms with E-state index in [1.165, 1.54) is 18.4 Å². The van der Waals surface area contributed by atoms with Gasteiger partial charge in [-0.1, -0.05) is 35.9 Å². The largest absolute Gasteiger partial charge is 0.483 e. The van der Waals surface area contributed by atoms with E-state index in [1.807, 2.05) is 36.4 Å². The van der Waals surface area contributed by atoms with Crippen LogP contribution in [0.15, 0.2) is 48.0 Å². The van der Waals surface area contributed by atoms with Crippen LogP contribution in [0.2, 0.25) is 0 Å². The Labute approximate surface area is 171 Å². The summed E-state index contributed by atoms with van der Waals surface area (Å²) in [5.41, 5.74) is 1.91. The topological polar surface area (TPSA) is 67.4 Å². The van der Waals surface area contributed by atoms with Gasteiger partial charge in [-0.05, 0) is 67.9 Å². The van der Waals surface area contributed by atoms with Crippen molar-refractivity contribution in [3.63, 3.8) is 0 Å². The monoisotopic (exact) mass is 392 g/mol. The van der Waals surface area contributed by atoms with Crippen LogP contribution in [0.5, 0.6) is 5.75 Å². The third kappa shape index (κ3) is 5.37. The minimum absolute atomic E-state index is 0.0813. The number of hydrogen-bond acceptors (Lipinski definition) is 3.